The predicted molar refractivity (Wildman–Crippen MR) is 44.3 cm³/mol. The van der Waals surface area contributed by atoms with E-state index in [0.29, 0.717) is 12.8 Å². The zero-order chi connectivity index (χ0) is 9.40. The molecule has 0 spiro atoms. The van der Waals surface area contributed by atoms with E-state index in [0.717, 1.165) is 0 Å². The number of ether oxygens (including phenoxy) is 1. The molecule has 0 saturated carbocycles. The van der Waals surface area contributed by atoms with Gasteiger partial charge in [0, 0.05) is 12.8 Å². The fourth-order valence-electron chi connectivity index (χ4n) is 0.697. The van der Waals surface area contributed by atoms with Gasteiger partial charge in [0.15, 0.2) is 0 Å². The molecule has 0 aromatic heterocycles. The van der Waals surface area contributed by atoms with Crippen molar-refractivity contribution in [2.24, 2.45) is 0 Å². The Kier molecular flexibility index (Phi) is 5.72. The second kappa shape index (κ2) is 6.41. The fourth-order valence-corrected chi connectivity index (χ4v) is 0.697. The molecule has 0 aliphatic rings. The lowest BCUT2D eigenvalue weighted by Crippen LogP contribution is -2.01. The Balaban J connectivity index is 3.48. The van der Waals surface area contributed by atoms with E-state index in [1.165, 1.54) is 7.11 Å². The first-order chi connectivity index (χ1) is 5.70. The van der Waals surface area contributed by atoms with Crippen molar-refractivity contribution in [2.75, 3.05) is 7.11 Å². The van der Waals surface area contributed by atoms with Crippen LogP contribution in [-0.4, -0.2) is 18.9 Å². The van der Waals surface area contributed by atoms with Crippen LogP contribution in [-0.2, 0) is 14.3 Å². The molecule has 0 aliphatic heterocycles. The lowest BCUT2D eigenvalue weighted by atomic mass is 10.2. The van der Waals surface area contributed by atoms with Crippen LogP contribution in [0.2, 0.25) is 0 Å². The van der Waals surface area contributed by atoms with Gasteiger partial charge in [-0.05, 0) is 19.3 Å². The Bertz CT molecular complexity index is 220. The van der Waals surface area contributed by atoms with E-state index in [1.54, 1.807) is 6.92 Å². The Morgan fingerprint density at radius 2 is 2.00 bits per heavy atom. The Hall–Kier alpha value is -1.30. The molecule has 66 valence electrons. The summed E-state index contributed by atoms with van der Waals surface area (Å²) in [6.45, 7) is 1.61. The van der Waals surface area contributed by atoms with Crippen molar-refractivity contribution < 1.29 is 14.3 Å². The van der Waals surface area contributed by atoms with Crippen molar-refractivity contribution >= 4 is 11.8 Å². The van der Waals surface area contributed by atoms with Gasteiger partial charge in [-0.1, -0.05) is 5.92 Å². The Morgan fingerprint density at radius 3 is 2.50 bits per heavy atom. The van der Waals surface area contributed by atoms with Crippen LogP contribution in [0.25, 0.3) is 0 Å². The number of Topliss-reactive ketones (excluding diaryl/α,β-unsaturated/α-hetero) is 1. The maximum absolute atomic E-state index is 10.8. The molecule has 0 N–H and O–H groups in total. The van der Waals surface area contributed by atoms with Crippen LogP contribution < -0.4 is 0 Å². The number of hydrogen-bond acceptors (Lipinski definition) is 3. The van der Waals surface area contributed by atoms with Crippen molar-refractivity contribution in [3.05, 3.63) is 0 Å². The summed E-state index contributed by atoms with van der Waals surface area (Å²) in [6, 6.07) is 0. The molecule has 0 fully saturated rings. The topological polar surface area (TPSA) is 43.4 Å². The van der Waals surface area contributed by atoms with E-state index in [-0.39, 0.29) is 18.2 Å². The summed E-state index contributed by atoms with van der Waals surface area (Å²) in [5.41, 5.74) is 0. The molecule has 0 bridgehead atoms. The highest BCUT2D eigenvalue weighted by Crippen LogP contribution is 1.97. The first-order valence-electron chi connectivity index (χ1n) is 3.73. The first kappa shape index (κ1) is 10.7. The van der Waals surface area contributed by atoms with Gasteiger partial charge in [0.1, 0.15) is 0 Å². The zero-order valence-electron chi connectivity index (χ0n) is 7.35. The molecule has 0 aliphatic carbocycles. The van der Waals surface area contributed by atoms with Crippen molar-refractivity contribution in [1.29, 1.82) is 0 Å². The molecule has 0 atom stereocenters. The molecule has 0 rings (SSSR count). The van der Waals surface area contributed by atoms with Crippen molar-refractivity contribution in [3.8, 4) is 11.8 Å². The highest BCUT2D eigenvalue weighted by atomic mass is 16.5. The standard InChI is InChI=1S/C9H12O3/c1-3-5-8(10)6-4-7-9(11)12-2/h4,6-7H2,1-2H3. The van der Waals surface area contributed by atoms with Gasteiger partial charge in [-0.3, -0.25) is 9.59 Å². The average Bonchev–Trinajstić information content (AvgIpc) is 2.04. The van der Waals surface area contributed by atoms with Crippen LogP contribution >= 0.6 is 0 Å². The van der Waals surface area contributed by atoms with E-state index in [2.05, 4.69) is 16.6 Å². The van der Waals surface area contributed by atoms with Crippen LogP contribution in [0.3, 0.4) is 0 Å². The fraction of sp³-hybridized carbons (Fsp3) is 0.556. The maximum Gasteiger partial charge on any atom is 0.305 e. The molecule has 0 saturated heterocycles. The van der Waals surface area contributed by atoms with Crippen molar-refractivity contribution in [2.45, 2.75) is 26.2 Å². The molecule has 0 aromatic rings. The van der Waals surface area contributed by atoms with Gasteiger partial charge in [0.05, 0.1) is 7.11 Å². The lowest BCUT2D eigenvalue weighted by Gasteiger charge is -1.95. The molecule has 3 nitrogen and oxygen atoms in total. The average molecular weight is 168 g/mol. The van der Waals surface area contributed by atoms with E-state index in [9.17, 15) is 9.59 Å². The Labute approximate surface area is 72.1 Å². The predicted octanol–water partition coefficient (Wildman–Crippen LogP) is 0.922. The number of ketones is 1. The number of methoxy groups -OCH3 is 1. The first-order valence-corrected chi connectivity index (χ1v) is 3.73. The molecule has 0 heterocycles. The number of hydrogen-bond donors (Lipinski definition) is 0. The third kappa shape index (κ3) is 5.48. The van der Waals surface area contributed by atoms with Gasteiger partial charge >= 0.3 is 5.97 Å². The smallest absolute Gasteiger partial charge is 0.305 e. The number of carbonyl (C=O) groups excluding carboxylic acids is 2. The van der Waals surface area contributed by atoms with Crippen LogP contribution in [0.5, 0.6) is 0 Å². The highest BCUT2D eigenvalue weighted by Gasteiger charge is 2.01. The summed E-state index contributed by atoms with van der Waals surface area (Å²) >= 11 is 0. The zero-order valence-corrected chi connectivity index (χ0v) is 7.35. The van der Waals surface area contributed by atoms with Gasteiger partial charge in [-0.25, -0.2) is 0 Å². The van der Waals surface area contributed by atoms with Crippen molar-refractivity contribution in [1.82, 2.24) is 0 Å². The van der Waals surface area contributed by atoms with Crippen LogP contribution in [0.4, 0.5) is 0 Å². The van der Waals surface area contributed by atoms with E-state index in [1.807, 2.05) is 0 Å². The minimum absolute atomic E-state index is 0.124. The minimum atomic E-state index is -0.285. The van der Waals surface area contributed by atoms with E-state index < -0.39 is 0 Å². The van der Waals surface area contributed by atoms with E-state index in [4.69, 9.17) is 0 Å². The van der Waals surface area contributed by atoms with Gasteiger partial charge in [-0.2, -0.15) is 0 Å². The van der Waals surface area contributed by atoms with Gasteiger partial charge in [0.25, 0.3) is 0 Å². The van der Waals surface area contributed by atoms with E-state index >= 15 is 0 Å². The largest absolute Gasteiger partial charge is 0.469 e. The summed E-state index contributed by atoms with van der Waals surface area (Å²) < 4.78 is 4.41. The summed E-state index contributed by atoms with van der Waals surface area (Å²) in [7, 11) is 1.33. The summed E-state index contributed by atoms with van der Waals surface area (Å²) in [4.78, 5) is 21.4. The maximum atomic E-state index is 10.8. The third-order valence-electron chi connectivity index (χ3n) is 1.28. The van der Waals surface area contributed by atoms with Crippen molar-refractivity contribution in [3.63, 3.8) is 0 Å². The second-order valence-corrected chi connectivity index (χ2v) is 2.23. The van der Waals surface area contributed by atoms with Gasteiger partial charge < -0.3 is 4.74 Å². The third-order valence-corrected chi connectivity index (χ3v) is 1.28. The Morgan fingerprint density at radius 1 is 1.33 bits per heavy atom. The molecule has 0 radical (unpaired) electrons. The molecular weight excluding hydrogens is 156 g/mol. The van der Waals surface area contributed by atoms with Crippen LogP contribution in [0.1, 0.15) is 26.2 Å². The normalized spacial score (nSPS) is 8.17. The summed E-state index contributed by atoms with van der Waals surface area (Å²) in [6.07, 6.45) is 1.13. The van der Waals surface area contributed by atoms with Crippen LogP contribution in [0, 0.1) is 11.8 Å². The second-order valence-electron chi connectivity index (χ2n) is 2.23. The molecule has 12 heavy (non-hydrogen) atoms. The highest BCUT2D eigenvalue weighted by molar-refractivity contribution is 5.95. The molecule has 0 amide bonds. The monoisotopic (exact) mass is 168 g/mol. The van der Waals surface area contributed by atoms with Crippen LogP contribution in [0.15, 0.2) is 0 Å². The molecule has 3 heteroatoms. The number of carbonyl (C=O) groups is 2. The molecule has 0 aromatic carbocycles. The molecular formula is C9H12O3. The molecule has 0 unspecified atom stereocenters. The minimum Gasteiger partial charge on any atom is -0.469 e. The lowest BCUT2D eigenvalue weighted by molar-refractivity contribution is -0.140. The quantitative estimate of drug-likeness (QED) is 0.356. The number of rotatable bonds is 4. The number of esters is 1. The summed E-state index contributed by atoms with van der Waals surface area (Å²) in [5.74, 6) is 4.49. The van der Waals surface area contributed by atoms with Gasteiger partial charge in [0.2, 0.25) is 5.78 Å². The SMILES string of the molecule is CC#CC(=O)CCCC(=O)OC. The van der Waals surface area contributed by atoms with Gasteiger partial charge in [-0.15, -0.1) is 0 Å². The summed E-state index contributed by atoms with van der Waals surface area (Å²) in [5, 5.41) is 0.